The lowest BCUT2D eigenvalue weighted by atomic mass is 9.95. The first-order chi connectivity index (χ1) is 13.0. The fourth-order valence-corrected chi connectivity index (χ4v) is 3.35. The molecule has 2 aromatic carbocycles. The zero-order chi connectivity index (χ0) is 19.0. The zero-order valence-corrected chi connectivity index (χ0v) is 15.7. The van der Waals surface area contributed by atoms with E-state index < -0.39 is 6.04 Å². The van der Waals surface area contributed by atoms with E-state index in [2.05, 4.69) is 20.7 Å². The zero-order valence-electron chi connectivity index (χ0n) is 14.9. The number of amides is 1. The highest BCUT2D eigenvalue weighted by Gasteiger charge is 2.33. The molecule has 0 saturated heterocycles. The number of hydrogen-bond acceptors (Lipinski definition) is 4. The van der Waals surface area contributed by atoms with Crippen molar-refractivity contribution in [2.45, 2.75) is 19.9 Å². The molecule has 2 heterocycles. The number of rotatable bonds is 3. The Morgan fingerprint density at radius 2 is 1.81 bits per heavy atom. The highest BCUT2D eigenvalue weighted by atomic mass is 35.5. The van der Waals surface area contributed by atoms with Crippen LogP contribution in [-0.4, -0.2) is 20.7 Å². The Morgan fingerprint density at radius 3 is 2.52 bits per heavy atom. The van der Waals surface area contributed by atoms with E-state index in [1.54, 1.807) is 4.68 Å². The molecule has 1 aromatic heterocycles. The number of hydrogen-bond donors (Lipinski definition) is 2. The van der Waals surface area contributed by atoms with Gasteiger partial charge in [-0.15, -0.1) is 0 Å². The Balaban J connectivity index is 1.79. The normalized spacial score (nSPS) is 15.9. The van der Waals surface area contributed by atoms with Gasteiger partial charge in [0.2, 0.25) is 5.95 Å². The van der Waals surface area contributed by atoms with E-state index in [1.807, 2.05) is 68.4 Å². The van der Waals surface area contributed by atoms with Crippen LogP contribution in [0.3, 0.4) is 0 Å². The minimum absolute atomic E-state index is 0.190. The highest BCUT2D eigenvalue weighted by Crippen LogP contribution is 2.35. The molecule has 4 rings (SSSR count). The fraction of sp³-hybridized carbons (Fsp3) is 0.150. The van der Waals surface area contributed by atoms with Crippen molar-refractivity contribution in [3.05, 3.63) is 82.3 Å². The fourth-order valence-electron chi connectivity index (χ4n) is 3.23. The van der Waals surface area contributed by atoms with E-state index in [-0.39, 0.29) is 5.91 Å². The maximum atomic E-state index is 13.1. The summed E-state index contributed by atoms with van der Waals surface area (Å²) in [5.74, 6) is 1.06. The number of allylic oxidation sites excluding steroid dienone is 1. The van der Waals surface area contributed by atoms with E-state index >= 15 is 0 Å². The molecule has 0 bridgehead atoms. The van der Waals surface area contributed by atoms with Crippen LogP contribution in [0.4, 0.5) is 11.6 Å². The van der Waals surface area contributed by atoms with Gasteiger partial charge < -0.3 is 10.6 Å². The molecule has 7 heteroatoms. The predicted octanol–water partition coefficient (Wildman–Crippen LogP) is 4.17. The van der Waals surface area contributed by atoms with Gasteiger partial charge in [-0.1, -0.05) is 41.9 Å². The number of carbonyl (C=O) groups is 1. The van der Waals surface area contributed by atoms with Gasteiger partial charge in [0.15, 0.2) is 0 Å². The molecule has 27 heavy (non-hydrogen) atoms. The number of anilines is 2. The van der Waals surface area contributed by atoms with E-state index in [0.29, 0.717) is 22.4 Å². The molecule has 1 aliphatic rings. The summed E-state index contributed by atoms with van der Waals surface area (Å²) in [4.78, 5) is 17.6. The Hall–Kier alpha value is -3.12. The first-order valence-corrected chi connectivity index (χ1v) is 8.93. The Bertz CT molecular complexity index is 1020. The van der Waals surface area contributed by atoms with Crippen molar-refractivity contribution in [2.75, 3.05) is 10.6 Å². The number of carbonyl (C=O) groups excluding carboxylic acids is 1. The standard InChI is InChI=1S/C20H18ClN5O/c1-12-17(19(27)24-16-6-4-3-5-7-16)18(14-8-10-15(21)11-9-14)26-20(22-12)23-13(2)25-26/h3-11,18H,1-2H3,(H,24,27)(H,22,23,25). The van der Waals surface area contributed by atoms with Crippen LogP contribution in [0.15, 0.2) is 65.9 Å². The lowest BCUT2D eigenvalue weighted by molar-refractivity contribution is -0.113. The van der Waals surface area contributed by atoms with Crippen molar-refractivity contribution in [2.24, 2.45) is 0 Å². The molecule has 1 aliphatic heterocycles. The Morgan fingerprint density at radius 1 is 1.11 bits per heavy atom. The monoisotopic (exact) mass is 379 g/mol. The SMILES string of the molecule is CC1=C(C(=O)Nc2ccccc2)C(c2ccc(Cl)cc2)n2nc(C)nc2N1. The number of para-hydroxylation sites is 1. The van der Waals surface area contributed by atoms with Gasteiger partial charge in [-0.2, -0.15) is 10.1 Å². The summed E-state index contributed by atoms with van der Waals surface area (Å²) in [7, 11) is 0. The van der Waals surface area contributed by atoms with Crippen LogP contribution in [-0.2, 0) is 4.79 Å². The molecule has 0 radical (unpaired) electrons. The number of halogens is 1. The van der Waals surface area contributed by atoms with E-state index in [1.165, 1.54) is 0 Å². The predicted molar refractivity (Wildman–Crippen MR) is 106 cm³/mol. The molecule has 136 valence electrons. The molecular formula is C20H18ClN5O. The van der Waals surface area contributed by atoms with Crippen molar-refractivity contribution in [1.82, 2.24) is 14.8 Å². The lowest BCUT2D eigenvalue weighted by Crippen LogP contribution is -2.31. The summed E-state index contributed by atoms with van der Waals surface area (Å²) in [6.45, 7) is 3.70. The van der Waals surface area contributed by atoms with Crippen LogP contribution in [0.5, 0.6) is 0 Å². The number of nitrogens with one attached hydrogen (secondary N) is 2. The topological polar surface area (TPSA) is 71.8 Å². The average Bonchev–Trinajstić information content (AvgIpc) is 3.01. The highest BCUT2D eigenvalue weighted by molar-refractivity contribution is 6.30. The van der Waals surface area contributed by atoms with Gasteiger partial charge in [0, 0.05) is 16.4 Å². The summed E-state index contributed by atoms with van der Waals surface area (Å²) in [6, 6.07) is 16.4. The van der Waals surface area contributed by atoms with Crippen molar-refractivity contribution in [3.63, 3.8) is 0 Å². The van der Waals surface area contributed by atoms with Crippen molar-refractivity contribution in [1.29, 1.82) is 0 Å². The summed E-state index contributed by atoms with van der Waals surface area (Å²) in [6.07, 6.45) is 0. The first kappa shape index (κ1) is 17.3. The van der Waals surface area contributed by atoms with Gasteiger partial charge in [-0.3, -0.25) is 4.79 Å². The molecule has 0 fully saturated rings. The van der Waals surface area contributed by atoms with Gasteiger partial charge >= 0.3 is 0 Å². The second kappa shape index (κ2) is 6.89. The van der Waals surface area contributed by atoms with Crippen LogP contribution in [0.25, 0.3) is 0 Å². The second-order valence-electron chi connectivity index (χ2n) is 6.37. The van der Waals surface area contributed by atoms with Crippen molar-refractivity contribution >= 4 is 29.1 Å². The smallest absolute Gasteiger partial charge is 0.255 e. The van der Waals surface area contributed by atoms with E-state index in [0.717, 1.165) is 16.9 Å². The summed E-state index contributed by atoms with van der Waals surface area (Å²) in [5.41, 5.74) is 2.96. The molecule has 0 aliphatic carbocycles. The van der Waals surface area contributed by atoms with Gasteiger partial charge in [-0.25, -0.2) is 4.68 Å². The second-order valence-corrected chi connectivity index (χ2v) is 6.80. The quantitative estimate of drug-likeness (QED) is 0.716. The molecule has 1 amide bonds. The van der Waals surface area contributed by atoms with Crippen molar-refractivity contribution in [3.8, 4) is 0 Å². The maximum Gasteiger partial charge on any atom is 0.255 e. The maximum absolute atomic E-state index is 13.1. The number of aromatic nitrogens is 3. The van der Waals surface area contributed by atoms with E-state index in [9.17, 15) is 4.79 Å². The molecule has 0 spiro atoms. The average molecular weight is 380 g/mol. The molecular weight excluding hydrogens is 362 g/mol. The minimum atomic E-state index is -0.400. The van der Waals surface area contributed by atoms with E-state index in [4.69, 9.17) is 11.6 Å². The molecule has 1 atom stereocenters. The molecule has 6 nitrogen and oxygen atoms in total. The third kappa shape index (κ3) is 3.31. The van der Waals surface area contributed by atoms with Gasteiger partial charge in [0.05, 0.1) is 5.57 Å². The van der Waals surface area contributed by atoms with Gasteiger partial charge in [0.25, 0.3) is 5.91 Å². The number of fused-ring (bicyclic) bond motifs is 1. The van der Waals surface area contributed by atoms with Gasteiger partial charge in [-0.05, 0) is 43.7 Å². The third-order valence-corrected chi connectivity index (χ3v) is 4.67. The molecule has 3 aromatic rings. The van der Waals surface area contributed by atoms with Crippen LogP contribution in [0.1, 0.15) is 24.4 Å². The Labute approximate surface area is 161 Å². The van der Waals surface area contributed by atoms with Crippen LogP contribution >= 0.6 is 11.6 Å². The van der Waals surface area contributed by atoms with Gasteiger partial charge in [0.1, 0.15) is 11.9 Å². The molecule has 1 unspecified atom stereocenters. The summed E-state index contributed by atoms with van der Waals surface area (Å²) >= 11 is 6.05. The van der Waals surface area contributed by atoms with Crippen LogP contribution < -0.4 is 10.6 Å². The third-order valence-electron chi connectivity index (χ3n) is 4.42. The minimum Gasteiger partial charge on any atom is -0.328 e. The summed E-state index contributed by atoms with van der Waals surface area (Å²) < 4.78 is 1.74. The number of nitrogens with zero attached hydrogens (tertiary/aromatic N) is 3. The number of benzene rings is 2. The number of aryl methyl sites for hydroxylation is 1. The largest absolute Gasteiger partial charge is 0.328 e. The lowest BCUT2D eigenvalue weighted by Gasteiger charge is -2.28. The summed E-state index contributed by atoms with van der Waals surface area (Å²) in [5, 5.41) is 11.3. The first-order valence-electron chi connectivity index (χ1n) is 8.56. The van der Waals surface area contributed by atoms with Crippen molar-refractivity contribution < 1.29 is 4.79 Å². The van der Waals surface area contributed by atoms with Crippen LogP contribution in [0.2, 0.25) is 5.02 Å². The molecule has 0 saturated carbocycles. The Kier molecular flexibility index (Phi) is 4.41. The molecule has 2 N–H and O–H groups in total. The van der Waals surface area contributed by atoms with Crippen LogP contribution in [0, 0.1) is 6.92 Å².